The lowest BCUT2D eigenvalue weighted by Gasteiger charge is -2.37. The Bertz CT molecular complexity index is 1830. The zero-order valence-electron chi connectivity index (χ0n) is 25.9. The van der Waals surface area contributed by atoms with Crippen molar-refractivity contribution < 1.29 is 18.8 Å². The predicted molar refractivity (Wildman–Crippen MR) is 171 cm³/mol. The molecule has 4 aromatic rings. The second-order valence-electron chi connectivity index (χ2n) is 12.3. The van der Waals surface area contributed by atoms with E-state index in [1.165, 1.54) is 12.1 Å². The molecule has 6 N–H and O–H groups in total. The number of nitriles is 1. The van der Waals surface area contributed by atoms with Crippen molar-refractivity contribution in [1.29, 1.82) is 5.26 Å². The lowest BCUT2D eigenvalue weighted by Crippen LogP contribution is -2.45. The van der Waals surface area contributed by atoms with Crippen LogP contribution in [0, 0.1) is 17.1 Å². The van der Waals surface area contributed by atoms with E-state index < -0.39 is 23.3 Å². The zero-order valence-corrected chi connectivity index (χ0v) is 25.9. The van der Waals surface area contributed by atoms with Crippen LogP contribution in [-0.4, -0.2) is 63.0 Å². The molecule has 1 aliphatic heterocycles. The number of hydrogen-bond acceptors (Lipinski definition) is 7. The number of benzene rings is 3. The van der Waals surface area contributed by atoms with Gasteiger partial charge in [0.05, 0.1) is 18.0 Å². The van der Waals surface area contributed by atoms with Crippen LogP contribution in [0.15, 0.2) is 60.7 Å². The normalized spacial score (nSPS) is 17.2. The van der Waals surface area contributed by atoms with Crippen LogP contribution in [0.1, 0.15) is 75.0 Å². The molecule has 1 saturated heterocycles. The van der Waals surface area contributed by atoms with Crippen molar-refractivity contribution in [3.05, 3.63) is 106 Å². The quantitative estimate of drug-likeness (QED) is 0.218. The SMILES string of the molecule is C[C@@H](CC1(c2nnc(-c3ccc(F)cc3)[nH]2)c2ccc(C(N)=O)cc2CCc2cc(C(N)=O)ccc21)NCC(=O)N1CCCC1C#N. The van der Waals surface area contributed by atoms with Crippen LogP contribution in [0.2, 0.25) is 0 Å². The molecule has 1 aromatic heterocycles. The monoisotopic (exact) mass is 634 g/mol. The summed E-state index contributed by atoms with van der Waals surface area (Å²) in [6.45, 7) is 2.55. The number of H-pyrrole nitrogens is 1. The molecular weight excluding hydrogens is 599 g/mol. The van der Waals surface area contributed by atoms with Gasteiger partial charge in [0.15, 0.2) is 5.82 Å². The number of nitrogens with one attached hydrogen (secondary N) is 2. The zero-order chi connectivity index (χ0) is 33.3. The number of nitrogens with two attached hydrogens (primary N) is 2. The molecule has 0 saturated carbocycles. The predicted octanol–water partition coefficient (Wildman–Crippen LogP) is 3.12. The van der Waals surface area contributed by atoms with Crippen LogP contribution in [-0.2, 0) is 23.1 Å². The van der Waals surface area contributed by atoms with Gasteiger partial charge in [-0.25, -0.2) is 4.39 Å². The number of primary amides is 2. The van der Waals surface area contributed by atoms with Gasteiger partial charge in [-0.3, -0.25) is 14.4 Å². The van der Waals surface area contributed by atoms with Crippen LogP contribution < -0.4 is 16.8 Å². The summed E-state index contributed by atoms with van der Waals surface area (Å²) >= 11 is 0. The molecule has 47 heavy (non-hydrogen) atoms. The van der Waals surface area contributed by atoms with E-state index in [1.807, 2.05) is 19.1 Å². The number of carbonyl (C=O) groups excluding carboxylic acids is 3. The van der Waals surface area contributed by atoms with E-state index in [-0.39, 0.29) is 24.3 Å². The maximum atomic E-state index is 13.8. The maximum absolute atomic E-state index is 13.8. The molecule has 2 heterocycles. The molecule has 0 radical (unpaired) electrons. The van der Waals surface area contributed by atoms with Gasteiger partial charge in [-0.1, -0.05) is 12.1 Å². The van der Waals surface area contributed by atoms with Gasteiger partial charge in [-0.15, -0.1) is 10.2 Å². The van der Waals surface area contributed by atoms with Crippen molar-refractivity contribution in [1.82, 2.24) is 25.4 Å². The Morgan fingerprint density at radius 1 is 1.02 bits per heavy atom. The third-order valence-corrected chi connectivity index (χ3v) is 9.31. The van der Waals surface area contributed by atoms with Gasteiger partial charge in [0.2, 0.25) is 17.7 Å². The Labute approximate surface area is 271 Å². The highest BCUT2D eigenvalue weighted by atomic mass is 19.1. The Kier molecular flexibility index (Phi) is 8.58. The van der Waals surface area contributed by atoms with Crippen LogP contribution in [0.25, 0.3) is 11.4 Å². The molecule has 6 rings (SSSR count). The minimum Gasteiger partial charge on any atom is -0.366 e. The number of halogens is 1. The number of aromatic nitrogens is 3. The number of aromatic amines is 1. The molecule has 0 spiro atoms. The van der Waals surface area contributed by atoms with Gasteiger partial charge in [0.1, 0.15) is 17.7 Å². The molecule has 2 atom stereocenters. The van der Waals surface area contributed by atoms with Crippen molar-refractivity contribution >= 4 is 17.7 Å². The molecule has 12 heteroatoms. The smallest absolute Gasteiger partial charge is 0.248 e. The standard InChI is InChI=1S/C35H35FN8O3/c1-20(40-19-30(45)44-14-2-3-27(44)18-37)17-35(34-41-33(42-43-34)21-6-10-26(36)11-7-21)28-12-8-24(31(38)46)15-22(28)4-5-23-16-25(32(39)47)9-13-29(23)35/h6-13,15-16,20,27,40H,2-5,14,17,19H2,1H3,(H2,38,46)(H2,39,47)(H,41,42,43)/t20-,27?/m0/s1. The van der Waals surface area contributed by atoms with E-state index in [0.717, 1.165) is 28.7 Å². The van der Waals surface area contributed by atoms with E-state index in [2.05, 4.69) is 26.6 Å². The number of nitrogens with zero attached hydrogens (tertiary/aromatic N) is 4. The molecule has 11 nitrogen and oxygen atoms in total. The summed E-state index contributed by atoms with van der Waals surface area (Å²) in [7, 11) is 0. The van der Waals surface area contributed by atoms with Crippen molar-refractivity contribution in [2.45, 2.75) is 56.5 Å². The highest BCUT2D eigenvalue weighted by molar-refractivity contribution is 5.94. The molecular formula is C35H35FN8O3. The van der Waals surface area contributed by atoms with Gasteiger partial charge in [-0.2, -0.15) is 5.26 Å². The van der Waals surface area contributed by atoms with Crippen LogP contribution >= 0.6 is 0 Å². The number of amides is 3. The van der Waals surface area contributed by atoms with E-state index in [0.29, 0.717) is 60.6 Å². The molecule has 3 aromatic carbocycles. The fraction of sp³-hybridized carbons (Fsp3) is 0.314. The van der Waals surface area contributed by atoms with Crippen molar-refractivity contribution in [3.8, 4) is 17.5 Å². The molecule has 1 unspecified atom stereocenters. The first kappa shape index (κ1) is 31.6. The van der Waals surface area contributed by atoms with Crippen molar-refractivity contribution in [2.75, 3.05) is 13.1 Å². The van der Waals surface area contributed by atoms with Crippen LogP contribution in [0.5, 0.6) is 0 Å². The molecule has 1 aliphatic carbocycles. The number of aryl methyl sites for hydroxylation is 2. The number of carbonyl (C=O) groups is 3. The minimum atomic E-state index is -1.02. The van der Waals surface area contributed by atoms with Gasteiger partial charge in [-0.05, 0) is 110 Å². The van der Waals surface area contributed by atoms with Gasteiger partial charge in [0, 0.05) is 29.3 Å². The van der Waals surface area contributed by atoms with Crippen molar-refractivity contribution in [2.24, 2.45) is 11.5 Å². The number of rotatable bonds is 9. The second-order valence-corrected chi connectivity index (χ2v) is 12.3. The van der Waals surface area contributed by atoms with Gasteiger partial charge < -0.3 is 26.7 Å². The Morgan fingerprint density at radius 3 is 2.21 bits per heavy atom. The van der Waals surface area contributed by atoms with Crippen LogP contribution in [0.4, 0.5) is 4.39 Å². The Morgan fingerprint density at radius 2 is 1.64 bits per heavy atom. The molecule has 1 fully saturated rings. The molecule has 240 valence electrons. The Hall–Kier alpha value is -5.41. The van der Waals surface area contributed by atoms with E-state index >= 15 is 0 Å². The van der Waals surface area contributed by atoms with Gasteiger partial charge in [0.25, 0.3) is 0 Å². The van der Waals surface area contributed by atoms with Gasteiger partial charge >= 0.3 is 0 Å². The summed E-state index contributed by atoms with van der Waals surface area (Å²) in [5.74, 6) is -0.713. The third kappa shape index (κ3) is 5.97. The number of fused-ring (bicyclic) bond motifs is 2. The largest absolute Gasteiger partial charge is 0.366 e. The fourth-order valence-electron chi connectivity index (χ4n) is 7.01. The summed E-state index contributed by atoms with van der Waals surface area (Å²) in [5.41, 5.74) is 15.2. The maximum Gasteiger partial charge on any atom is 0.248 e. The van der Waals surface area contributed by atoms with Crippen molar-refractivity contribution in [3.63, 3.8) is 0 Å². The van der Waals surface area contributed by atoms with E-state index in [9.17, 15) is 24.0 Å². The second kappa shape index (κ2) is 12.8. The van der Waals surface area contributed by atoms with E-state index in [1.54, 1.807) is 41.3 Å². The first-order valence-corrected chi connectivity index (χ1v) is 15.6. The summed E-state index contributed by atoms with van der Waals surface area (Å²) in [4.78, 5) is 42.7. The molecule has 3 amide bonds. The average Bonchev–Trinajstić information content (AvgIpc) is 3.74. The highest BCUT2D eigenvalue weighted by Gasteiger charge is 2.45. The fourth-order valence-corrected chi connectivity index (χ4v) is 7.01. The average molecular weight is 635 g/mol. The molecule has 2 aliphatic rings. The lowest BCUT2D eigenvalue weighted by atomic mass is 9.67. The highest BCUT2D eigenvalue weighted by Crippen LogP contribution is 2.47. The molecule has 0 bridgehead atoms. The third-order valence-electron chi connectivity index (χ3n) is 9.31. The first-order valence-electron chi connectivity index (χ1n) is 15.6. The van der Waals surface area contributed by atoms with Crippen LogP contribution in [0.3, 0.4) is 0 Å². The number of likely N-dealkylation sites (tertiary alicyclic amines) is 1. The summed E-state index contributed by atoms with van der Waals surface area (Å²) in [6.07, 6.45) is 2.91. The Balaban J connectivity index is 1.49. The topological polar surface area (TPSA) is 184 Å². The summed E-state index contributed by atoms with van der Waals surface area (Å²) < 4.78 is 13.8. The number of hydrogen-bond donors (Lipinski definition) is 4. The lowest BCUT2D eigenvalue weighted by molar-refractivity contribution is -0.130. The summed E-state index contributed by atoms with van der Waals surface area (Å²) in [5, 5.41) is 22.0. The first-order chi connectivity index (χ1) is 22.6. The summed E-state index contributed by atoms with van der Waals surface area (Å²) in [6, 6.07) is 18.2. The minimum absolute atomic E-state index is 0.0353. The van der Waals surface area contributed by atoms with E-state index in [4.69, 9.17) is 11.5 Å².